The molecule has 4 heteroatoms. The van der Waals surface area contributed by atoms with Crippen molar-refractivity contribution in [2.24, 2.45) is 11.1 Å². The van der Waals surface area contributed by atoms with Crippen LogP contribution in [0.2, 0.25) is 0 Å². The molecule has 0 saturated carbocycles. The number of hydrogen-bond acceptors (Lipinski definition) is 2. The van der Waals surface area contributed by atoms with Crippen molar-refractivity contribution in [2.75, 3.05) is 11.5 Å². The zero-order valence-corrected chi connectivity index (χ0v) is 7.45. The summed E-state index contributed by atoms with van der Waals surface area (Å²) in [6.45, 7) is 1.85. The Hall–Kier alpha value is -0.220. The fourth-order valence-corrected chi connectivity index (χ4v) is 2.71. The minimum atomic E-state index is -0.711. The lowest BCUT2D eigenvalue weighted by atomic mass is 9.84. The third-order valence-electron chi connectivity index (χ3n) is 2.36. The Bertz CT molecular complexity index is 164. The molecule has 0 aromatic rings. The molecule has 1 saturated heterocycles. The molecule has 0 aromatic heterocycles. The molecule has 0 atom stereocenters. The highest BCUT2D eigenvalue weighted by molar-refractivity contribution is 7.91. The second kappa shape index (κ2) is 3.03. The van der Waals surface area contributed by atoms with Crippen molar-refractivity contribution in [1.82, 2.24) is 0 Å². The van der Waals surface area contributed by atoms with Gasteiger partial charge in [-0.3, -0.25) is 4.79 Å². The van der Waals surface area contributed by atoms with E-state index in [-0.39, 0.29) is 5.91 Å². The first kappa shape index (κ1) is 8.87. The van der Waals surface area contributed by atoms with Crippen LogP contribution in [0.3, 0.4) is 0 Å². The molecule has 0 aliphatic carbocycles. The average molecular weight is 175 g/mol. The van der Waals surface area contributed by atoms with E-state index in [0.29, 0.717) is 24.3 Å². The average Bonchev–Trinajstić information content (AvgIpc) is 1.95. The summed E-state index contributed by atoms with van der Waals surface area (Å²) in [7, 11) is 0. The van der Waals surface area contributed by atoms with Gasteiger partial charge in [0.15, 0.2) is 0 Å². The van der Waals surface area contributed by atoms with E-state index in [9.17, 15) is 9.35 Å². The molecular weight excluding hydrogens is 162 g/mol. The number of carbonyl (C=O) groups is 1. The number of hydrogen-bond donors (Lipinski definition) is 1. The standard InChI is InChI=1S/C7H13NO2S/c1-7(6(8)9)2-4-11(10)5-3-7/h2-5H2,1H3,(H2,8,9). The topological polar surface area (TPSA) is 66.2 Å². The minimum Gasteiger partial charge on any atom is -0.616 e. The van der Waals surface area contributed by atoms with Crippen LogP contribution in [0.1, 0.15) is 19.8 Å². The molecule has 0 bridgehead atoms. The van der Waals surface area contributed by atoms with Crippen molar-refractivity contribution in [3.63, 3.8) is 0 Å². The van der Waals surface area contributed by atoms with E-state index in [1.54, 1.807) is 0 Å². The van der Waals surface area contributed by atoms with Gasteiger partial charge in [0.1, 0.15) is 11.5 Å². The molecule has 0 aromatic carbocycles. The van der Waals surface area contributed by atoms with E-state index in [2.05, 4.69) is 0 Å². The zero-order valence-electron chi connectivity index (χ0n) is 6.63. The summed E-state index contributed by atoms with van der Waals surface area (Å²) in [4.78, 5) is 10.9. The van der Waals surface area contributed by atoms with Crippen LogP contribution in [0, 0.1) is 5.41 Å². The van der Waals surface area contributed by atoms with E-state index < -0.39 is 16.6 Å². The molecule has 1 aliphatic heterocycles. The van der Waals surface area contributed by atoms with Crippen molar-refractivity contribution >= 4 is 17.1 Å². The van der Waals surface area contributed by atoms with E-state index in [1.807, 2.05) is 6.92 Å². The van der Waals surface area contributed by atoms with Gasteiger partial charge < -0.3 is 10.3 Å². The summed E-state index contributed by atoms with van der Waals surface area (Å²) in [5, 5.41) is 0. The fraction of sp³-hybridized carbons (Fsp3) is 0.857. The second-order valence-electron chi connectivity index (χ2n) is 3.27. The summed E-state index contributed by atoms with van der Waals surface area (Å²) in [5.74, 6) is 0.994. The van der Waals surface area contributed by atoms with Crippen molar-refractivity contribution in [3.05, 3.63) is 0 Å². The van der Waals surface area contributed by atoms with E-state index in [0.717, 1.165) is 0 Å². The van der Waals surface area contributed by atoms with Gasteiger partial charge in [-0.25, -0.2) is 0 Å². The SMILES string of the molecule is CC1(C(N)=O)CC[S+]([O-])CC1. The van der Waals surface area contributed by atoms with Gasteiger partial charge in [0.25, 0.3) is 0 Å². The fourth-order valence-electron chi connectivity index (χ4n) is 1.15. The predicted octanol–water partition coefficient (Wildman–Crippen LogP) is 0.0205. The van der Waals surface area contributed by atoms with E-state index >= 15 is 0 Å². The lowest BCUT2D eigenvalue weighted by Gasteiger charge is -2.30. The van der Waals surface area contributed by atoms with Crippen molar-refractivity contribution < 1.29 is 9.35 Å². The number of nitrogens with two attached hydrogens (primary N) is 1. The Labute approximate surface area is 69.5 Å². The maximum Gasteiger partial charge on any atom is 0.223 e. The van der Waals surface area contributed by atoms with Crippen LogP contribution in [0.25, 0.3) is 0 Å². The molecule has 0 spiro atoms. The van der Waals surface area contributed by atoms with Crippen LogP contribution in [-0.2, 0) is 16.0 Å². The molecule has 3 nitrogen and oxygen atoms in total. The number of carbonyl (C=O) groups excluding carboxylic acids is 1. The van der Waals surface area contributed by atoms with Gasteiger partial charge >= 0.3 is 0 Å². The Kier molecular flexibility index (Phi) is 2.44. The summed E-state index contributed by atoms with van der Waals surface area (Å²) in [6.07, 6.45) is 1.35. The molecule has 1 fully saturated rings. The van der Waals surface area contributed by atoms with E-state index in [1.165, 1.54) is 0 Å². The maximum atomic E-state index is 10.9. The molecular formula is C7H13NO2S. The molecule has 2 N–H and O–H groups in total. The zero-order chi connectivity index (χ0) is 8.48. The molecule has 1 heterocycles. The highest BCUT2D eigenvalue weighted by Crippen LogP contribution is 2.31. The van der Waals surface area contributed by atoms with Crippen LogP contribution >= 0.6 is 0 Å². The van der Waals surface area contributed by atoms with Crippen LogP contribution in [0.5, 0.6) is 0 Å². The molecule has 64 valence electrons. The van der Waals surface area contributed by atoms with Gasteiger partial charge in [-0.15, -0.1) is 0 Å². The number of primary amides is 1. The Morgan fingerprint density at radius 2 is 2.00 bits per heavy atom. The van der Waals surface area contributed by atoms with Crippen molar-refractivity contribution in [2.45, 2.75) is 19.8 Å². The predicted molar refractivity (Wildman–Crippen MR) is 44.4 cm³/mol. The Morgan fingerprint density at radius 3 is 2.36 bits per heavy atom. The smallest absolute Gasteiger partial charge is 0.223 e. The Morgan fingerprint density at radius 1 is 1.55 bits per heavy atom. The van der Waals surface area contributed by atoms with Crippen LogP contribution in [0.15, 0.2) is 0 Å². The van der Waals surface area contributed by atoms with Gasteiger partial charge in [-0.1, -0.05) is 18.1 Å². The first-order chi connectivity index (χ1) is 5.04. The van der Waals surface area contributed by atoms with Crippen LogP contribution in [-0.4, -0.2) is 22.0 Å². The summed E-state index contributed by atoms with van der Waals surface area (Å²) in [5.41, 5.74) is 4.81. The number of amides is 1. The normalized spacial score (nSPS) is 38.5. The molecule has 11 heavy (non-hydrogen) atoms. The molecule has 1 aliphatic rings. The molecule has 0 radical (unpaired) electrons. The summed E-state index contributed by atoms with van der Waals surface area (Å²) >= 11 is -0.711. The summed E-state index contributed by atoms with van der Waals surface area (Å²) < 4.78 is 10.9. The summed E-state index contributed by atoms with van der Waals surface area (Å²) in [6, 6.07) is 0. The third-order valence-corrected chi connectivity index (χ3v) is 3.68. The first-order valence-corrected chi connectivity index (χ1v) is 5.18. The van der Waals surface area contributed by atoms with Gasteiger partial charge in [0, 0.05) is 12.8 Å². The highest BCUT2D eigenvalue weighted by Gasteiger charge is 2.37. The van der Waals surface area contributed by atoms with Crippen molar-refractivity contribution in [1.29, 1.82) is 0 Å². The largest absolute Gasteiger partial charge is 0.616 e. The van der Waals surface area contributed by atoms with Gasteiger partial charge in [0.05, 0.1) is 5.41 Å². The maximum absolute atomic E-state index is 10.9. The quantitative estimate of drug-likeness (QED) is 0.571. The minimum absolute atomic E-state index is 0.255. The first-order valence-electron chi connectivity index (χ1n) is 3.69. The van der Waals surface area contributed by atoms with E-state index in [4.69, 9.17) is 5.73 Å². The van der Waals surface area contributed by atoms with Crippen LogP contribution in [0.4, 0.5) is 0 Å². The second-order valence-corrected chi connectivity index (χ2v) is 4.97. The lowest BCUT2D eigenvalue weighted by molar-refractivity contribution is -0.127. The highest BCUT2D eigenvalue weighted by atomic mass is 32.2. The molecule has 0 unspecified atom stereocenters. The van der Waals surface area contributed by atoms with Gasteiger partial charge in [0.2, 0.25) is 5.91 Å². The van der Waals surface area contributed by atoms with Gasteiger partial charge in [-0.05, 0) is 0 Å². The van der Waals surface area contributed by atoms with Gasteiger partial charge in [-0.2, -0.15) is 0 Å². The number of rotatable bonds is 1. The third kappa shape index (κ3) is 1.87. The molecule has 1 amide bonds. The molecule has 1 rings (SSSR count). The lowest BCUT2D eigenvalue weighted by Crippen LogP contribution is -2.41. The van der Waals surface area contributed by atoms with Crippen molar-refractivity contribution in [3.8, 4) is 0 Å². The Balaban J connectivity index is 2.55. The van der Waals surface area contributed by atoms with Crippen LogP contribution < -0.4 is 5.73 Å². The monoisotopic (exact) mass is 175 g/mol.